The molecule has 1 aliphatic heterocycles. The number of hydrogen-bond acceptors (Lipinski definition) is 6. The van der Waals surface area contributed by atoms with E-state index in [0.29, 0.717) is 19.0 Å². The number of nitrogens with zero attached hydrogens (tertiary/aromatic N) is 3. The number of hydrogen-bond donors (Lipinski definition) is 2. The van der Waals surface area contributed by atoms with Crippen LogP contribution in [0.25, 0.3) is 16.8 Å². The van der Waals surface area contributed by atoms with Crippen LogP contribution >= 0.6 is 12.4 Å². The zero-order valence-corrected chi connectivity index (χ0v) is 17.4. The lowest BCUT2D eigenvalue weighted by Crippen LogP contribution is -2.31. The molecular weight excluding hydrogens is 453 g/mol. The highest BCUT2D eigenvalue weighted by Gasteiger charge is 2.30. The van der Waals surface area contributed by atoms with Crippen molar-refractivity contribution in [3.63, 3.8) is 0 Å². The average Bonchev–Trinajstić information content (AvgIpc) is 3.02. The molecular formula is C20H18ClF3N4O4. The van der Waals surface area contributed by atoms with E-state index in [0.717, 1.165) is 28.8 Å². The van der Waals surface area contributed by atoms with Gasteiger partial charge in [0, 0.05) is 35.8 Å². The first kappa shape index (κ1) is 23.4. The summed E-state index contributed by atoms with van der Waals surface area (Å²) in [4.78, 5) is 29.5. The molecule has 1 aliphatic rings. The Labute approximate surface area is 185 Å². The fourth-order valence-corrected chi connectivity index (χ4v) is 3.80. The molecule has 1 aromatic carbocycles. The Morgan fingerprint density at radius 3 is 2.53 bits per heavy atom. The molecule has 4 rings (SSSR count). The van der Waals surface area contributed by atoms with Crippen molar-refractivity contribution in [3.8, 4) is 16.9 Å². The molecule has 3 heterocycles. The number of fused-ring (bicyclic) bond motifs is 1. The number of carbonyl (C=O) groups is 1. The van der Waals surface area contributed by atoms with Gasteiger partial charge in [-0.3, -0.25) is 9.20 Å². The van der Waals surface area contributed by atoms with E-state index in [-0.39, 0.29) is 47.1 Å². The van der Waals surface area contributed by atoms with Crippen LogP contribution < -0.4 is 20.9 Å². The number of rotatable bonds is 3. The number of halogens is 4. The third kappa shape index (κ3) is 4.08. The van der Waals surface area contributed by atoms with Gasteiger partial charge >= 0.3 is 6.16 Å². The summed E-state index contributed by atoms with van der Waals surface area (Å²) in [5.41, 5.74) is 4.54. The molecule has 0 unspecified atom stereocenters. The Morgan fingerprint density at radius 2 is 1.94 bits per heavy atom. The predicted octanol–water partition coefficient (Wildman–Crippen LogP) is 3.18. The van der Waals surface area contributed by atoms with E-state index in [1.165, 1.54) is 0 Å². The summed E-state index contributed by atoms with van der Waals surface area (Å²) in [5.74, 6) is -3.44. The number of carboxylic acid groups (broad SMARTS) is 1. The van der Waals surface area contributed by atoms with Crippen LogP contribution in [0, 0.1) is 17.5 Å². The lowest BCUT2D eigenvalue weighted by molar-refractivity contribution is 0.143. The summed E-state index contributed by atoms with van der Waals surface area (Å²) in [6, 6.07) is 3.37. The molecule has 0 aliphatic carbocycles. The highest BCUT2D eigenvalue weighted by atomic mass is 35.5. The van der Waals surface area contributed by atoms with Crippen LogP contribution in [0.2, 0.25) is 0 Å². The van der Waals surface area contributed by atoms with Gasteiger partial charge < -0.3 is 20.5 Å². The number of nitrogens with two attached hydrogens (primary N) is 1. The standard InChI is InChI=1S/C20H17F3N4O4.ClH/c1-9-4-11(24)7-26(9)18-15(23)8-27-17(25-18)13(6-16(19(27)28)31-20(29)30)12-3-2-10(21)5-14(12)22;/h2-3,5-6,8-9,11H,4,7,24H2,1H3,(H,29,30);1H/t9-,11-;/m0./s1. The van der Waals surface area contributed by atoms with Gasteiger partial charge in [0.25, 0.3) is 5.56 Å². The molecule has 2 aromatic heterocycles. The Morgan fingerprint density at radius 1 is 1.22 bits per heavy atom. The van der Waals surface area contributed by atoms with Gasteiger partial charge in [-0.2, -0.15) is 0 Å². The van der Waals surface area contributed by atoms with Crippen molar-refractivity contribution in [2.24, 2.45) is 5.73 Å². The van der Waals surface area contributed by atoms with Crippen molar-refractivity contribution in [1.29, 1.82) is 0 Å². The first-order chi connectivity index (χ1) is 14.7. The maximum atomic E-state index is 14.9. The predicted molar refractivity (Wildman–Crippen MR) is 112 cm³/mol. The van der Waals surface area contributed by atoms with Crippen molar-refractivity contribution in [2.75, 3.05) is 11.4 Å². The van der Waals surface area contributed by atoms with Crippen molar-refractivity contribution in [2.45, 2.75) is 25.4 Å². The average molecular weight is 471 g/mol. The van der Waals surface area contributed by atoms with Crippen molar-refractivity contribution in [3.05, 3.63) is 58.3 Å². The lowest BCUT2D eigenvalue weighted by atomic mass is 10.1. The smallest absolute Gasteiger partial charge is 0.449 e. The van der Waals surface area contributed by atoms with E-state index in [1.807, 2.05) is 6.92 Å². The van der Waals surface area contributed by atoms with Gasteiger partial charge in [-0.1, -0.05) is 0 Å². The van der Waals surface area contributed by atoms with Gasteiger partial charge in [0.15, 0.2) is 11.6 Å². The fourth-order valence-electron chi connectivity index (χ4n) is 3.80. The minimum atomic E-state index is -1.78. The first-order valence-electron chi connectivity index (χ1n) is 9.30. The molecule has 3 aromatic rings. The number of anilines is 1. The maximum absolute atomic E-state index is 14.9. The van der Waals surface area contributed by atoms with Crippen molar-refractivity contribution >= 4 is 30.0 Å². The minimum absolute atomic E-state index is 0. The number of pyridine rings is 1. The van der Waals surface area contributed by atoms with Crippen molar-refractivity contribution < 1.29 is 27.8 Å². The Hall–Kier alpha value is -3.31. The third-order valence-corrected chi connectivity index (χ3v) is 5.14. The highest BCUT2D eigenvalue weighted by Crippen LogP contribution is 2.32. The largest absolute Gasteiger partial charge is 0.511 e. The van der Waals surface area contributed by atoms with Crippen LogP contribution in [-0.4, -0.2) is 39.3 Å². The van der Waals surface area contributed by atoms with E-state index < -0.39 is 34.9 Å². The summed E-state index contributed by atoms with van der Waals surface area (Å²) >= 11 is 0. The van der Waals surface area contributed by atoms with Crippen LogP contribution in [0.4, 0.5) is 23.8 Å². The van der Waals surface area contributed by atoms with E-state index >= 15 is 0 Å². The van der Waals surface area contributed by atoms with E-state index in [1.54, 1.807) is 4.90 Å². The van der Waals surface area contributed by atoms with E-state index in [4.69, 9.17) is 10.8 Å². The molecule has 8 nitrogen and oxygen atoms in total. The molecule has 32 heavy (non-hydrogen) atoms. The molecule has 170 valence electrons. The fraction of sp³-hybridized carbons (Fsp3) is 0.250. The van der Waals surface area contributed by atoms with E-state index in [9.17, 15) is 22.8 Å². The second-order valence-electron chi connectivity index (χ2n) is 7.32. The van der Waals surface area contributed by atoms with Gasteiger partial charge in [-0.15, -0.1) is 12.4 Å². The number of ether oxygens (including phenoxy) is 1. The first-order valence-corrected chi connectivity index (χ1v) is 9.30. The SMILES string of the molecule is C[C@H]1C[C@H](N)CN1c1nc2c(-c3ccc(F)cc3F)cc(OC(=O)O)c(=O)n2cc1F.Cl. The molecule has 0 saturated carbocycles. The van der Waals surface area contributed by atoms with Crippen LogP contribution in [0.3, 0.4) is 0 Å². The zero-order valence-electron chi connectivity index (χ0n) is 16.6. The van der Waals surface area contributed by atoms with Crippen LogP contribution in [0.1, 0.15) is 13.3 Å². The third-order valence-electron chi connectivity index (χ3n) is 5.14. The monoisotopic (exact) mass is 470 g/mol. The summed E-state index contributed by atoms with van der Waals surface area (Å²) in [7, 11) is 0. The maximum Gasteiger partial charge on any atom is 0.511 e. The van der Waals surface area contributed by atoms with Gasteiger partial charge in [-0.05, 0) is 31.5 Å². The van der Waals surface area contributed by atoms with Crippen LogP contribution in [-0.2, 0) is 0 Å². The minimum Gasteiger partial charge on any atom is -0.449 e. The lowest BCUT2D eigenvalue weighted by Gasteiger charge is -2.23. The van der Waals surface area contributed by atoms with Gasteiger partial charge in [0.2, 0.25) is 5.75 Å². The molecule has 0 bridgehead atoms. The molecule has 1 saturated heterocycles. The second kappa shape index (κ2) is 8.67. The summed E-state index contributed by atoms with van der Waals surface area (Å²) in [6.07, 6.45) is -0.354. The molecule has 3 N–H and O–H groups in total. The second-order valence-corrected chi connectivity index (χ2v) is 7.32. The molecule has 12 heteroatoms. The summed E-state index contributed by atoms with van der Waals surface area (Å²) < 4.78 is 48.1. The molecule has 0 radical (unpaired) electrons. The van der Waals surface area contributed by atoms with Gasteiger partial charge in [-0.25, -0.2) is 22.9 Å². The Kier molecular flexibility index (Phi) is 6.33. The Balaban J connectivity index is 0.00000289. The normalized spacial score (nSPS) is 18.0. The molecule has 2 atom stereocenters. The van der Waals surface area contributed by atoms with Crippen LogP contribution in [0.15, 0.2) is 35.3 Å². The zero-order chi connectivity index (χ0) is 22.4. The number of aromatic nitrogens is 2. The highest BCUT2D eigenvalue weighted by molar-refractivity contribution is 5.85. The quantitative estimate of drug-likeness (QED) is 0.566. The van der Waals surface area contributed by atoms with Gasteiger partial charge in [0.05, 0.1) is 6.20 Å². The van der Waals surface area contributed by atoms with Gasteiger partial charge in [0.1, 0.15) is 17.3 Å². The molecule has 1 fully saturated rings. The molecule has 0 spiro atoms. The van der Waals surface area contributed by atoms with E-state index in [2.05, 4.69) is 9.72 Å². The number of benzene rings is 1. The summed E-state index contributed by atoms with van der Waals surface area (Å²) in [5, 5.41) is 8.91. The summed E-state index contributed by atoms with van der Waals surface area (Å²) in [6.45, 7) is 2.17. The molecule has 0 amide bonds. The van der Waals surface area contributed by atoms with Crippen molar-refractivity contribution in [1.82, 2.24) is 9.38 Å². The topological polar surface area (TPSA) is 110 Å². The van der Waals surface area contributed by atoms with Crippen LogP contribution in [0.5, 0.6) is 5.75 Å². The Bertz CT molecular complexity index is 1270.